The maximum Gasteiger partial charge on any atom is 0.373 e. The molecule has 9 heteroatoms. The molecule has 0 aromatic rings. The Morgan fingerprint density at radius 1 is 1.52 bits per heavy atom. The number of nitrogens with zero attached hydrogens (tertiary/aromatic N) is 2. The number of rotatable bonds is 4. The van der Waals surface area contributed by atoms with E-state index in [0.29, 0.717) is 5.57 Å². The second-order valence-electron chi connectivity index (χ2n) is 5.04. The van der Waals surface area contributed by atoms with Gasteiger partial charge < -0.3 is 15.4 Å². The number of amides is 3. The first-order valence-electron chi connectivity index (χ1n) is 6.23. The van der Waals surface area contributed by atoms with Crippen LogP contribution >= 0.6 is 0 Å². The van der Waals surface area contributed by atoms with E-state index in [1.807, 2.05) is 0 Å². The number of carbonyl (C=O) groups is 3. The summed E-state index contributed by atoms with van der Waals surface area (Å²) in [4.78, 5) is 41.0. The molecule has 2 bridgehead atoms. The Balaban J connectivity index is 2.24. The first-order valence-corrected chi connectivity index (χ1v) is 6.23. The molecule has 0 aliphatic carbocycles. The summed E-state index contributed by atoms with van der Waals surface area (Å²) in [5, 5.41) is 0.726. The average Bonchev–Trinajstić information content (AvgIpc) is 2.62. The monoisotopic (exact) mass is 301 g/mol. The SMILES string of the molecule is COC(=O)C(C)(F)ON1C(=O)N2C[C@H]1C=C(C)[C@H]2C(N)=O. The standard InChI is InChI=1S/C12H16FN3O5/c1-6-4-7-5-15(8(6)9(14)17)11(19)16(7)21-12(2,13)10(18)20-3/h4,7-8H,5H2,1-3H3,(H2,14,17)/t7-,8+,12?/m1/s1. The van der Waals surface area contributed by atoms with Crippen LogP contribution in [0.2, 0.25) is 0 Å². The summed E-state index contributed by atoms with van der Waals surface area (Å²) in [5.74, 6) is -4.76. The summed E-state index contributed by atoms with van der Waals surface area (Å²) >= 11 is 0. The Hall–Kier alpha value is -2.16. The van der Waals surface area contributed by atoms with Crippen molar-refractivity contribution >= 4 is 17.9 Å². The molecule has 2 heterocycles. The van der Waals surface area contributed by atoms with Gasteiger partial charge in [-0.15, -0.1) is 0 Å². The molecule has 2 N–H and O–H groups in total. The summed E-state index contributed by atoms with van der Waals surface area (Å²) in [6.07, 6.45) is 1.59. The van der Waals surface area contributed by atoms with Gasteiger partial charge in [0, 0.05) is 6.92 Å². The van der Waals surface area contributed by atoms with Gasteiger partial charge in [0.05, 0.1) is 19.7 Å². The summed E-state index contributed by atoms with van der Waals surface area (Å²) < 4.78 is 18.4. The van der Waals surface area contributed by atoms with Crippen LogP contribution in [0.4, 0.5) is 9.18 Å². The van der Waals surface area contributed by atoms with Crippen LogP contribution in [-0.2, 0) is 19.2 Å². The van der Waals surface area contributed by atoms with Crippen molar-refractivity contribution < 1.29 is 28.3 Å². The number of nitrogens with two attached hydrogens (primary N) is 1. The minimum Gasteiger partial charge on any atom is -0.465 e. The lowest BCUT2D eigenvalue weighted by molar-refractivity contribution is -0.266. The predicted molar refractivity (Wildman–Crippen MR) is 67.1 cm³/mol. The molecule has 0 aromatic carbocycles. The van der Waals surface area contributed by atoms with E-state index in [0.717, 1.165) is 19.1 Å². The number of urea groups is 1. The molecule has 2 aliphatic heterocycles. The van der Waals surface area contributed by atoms with Gasteiger partial charge in [0.2, 0.25) is 5.91 Å². The number of methoxy groups -OCH3 is 1. The number of hydrogen-bond acceptors (Lipinski definition) is 5. The summed E-state index contributed by atoms with van der Waals surface area (Å²) in [6.45, 7) is 2.60. The maximum atomic E-state index is 14.1. The fourth-order valence-corrected chi connectivity index (χ4v) is 2.49. The summed E-state index contributed by atoms with van der Waals surface area (Å²) in [6, 6.07) is -2.23. The van der Waals surface area contributed by atoms with Gasteiger partial charge in [-0.2, -0.15) is 9.45 Å². The van der Waals surface area contributed by atoms with Gasteiger partial charge in [0.15, 0.2) is 0 Å². The molecule has 2 rings (SSSR count). The quantitative estimate of drug-likeness (QED) is 0.567. The van der Waals surface area contributed by atoms with Crippen LogP contribution in [0.3, 0.4) is 0 Å². The highest BCUT2D eigenvalue weighted by molar-refractivity contribution is 5.90. The third-order valence-corrected chi connectivity index (χ3v) is 3.41. The number of hydroxylamine groups is 2. The number of primary amides is 1. The van der Waals surface area contributed by atoms with E-state index >= 15 is 0 Å². The average molecular weight is 301 g/mol. The van der Waals surface area contributed by atoms with Crippen LogP contribution in [0.1, 0.15) is 13.8 Å². The van der Waals surface area contributed by atoms with E-state index < -0.39 is 35.8 Å². The van der Waals surface area contributed by atoms with E-state index in [4.69, 9.17) is 10.6 Å². The normalized spacial score (nSPS) is 27.2. The lowest BCUT2D eigenvalue weighted by Gasteiger charge is -2.27. The number of ether oxygens (including phenoxy) is 1. The zero-order valence-electron chi connectivity index (χ0n) is 11.8. The molecule has 3 atom stereocenters. The highest BCUT2D eigenvalue weighted by atomic mass is 19.2. The fraction of sp³-hybridized carbons (Fsp3) is 0.583. The Labute approximate surface area is 120 Å². The van der Waals surface area contributed by atoms with Crippen molar-refractivity contribution in [3.63, 3.8) is 0 Å². The minimum absolute atomic E-state index is 0.126. The molecule has 0 radical (unpaired) electrons. The molecule has 1 unspecified atom stereocenters. The third-order valence-electron chi connectivity index (χ3n) is 3.41. The first kappa shape index (κ1) is 15.2. The second kappa shape index (κ2) is 4.99. The fourth-order valence-electron chi connectivity index (χ4n) is 2.49. The molecule has 0 spiro atoms. The molecule has 2 aliphatic rings. The number of carbonyl (C=O) groups excluding carboxylic acids is 3. The summed E-state index contributed by atoms with van der Waals surface area (Å²) in [7, 11) is 1.00. The van der Waals surface area contributed by atoms with Gasteiger partial charge in [0.1, 0.15) is 6.04 Å². The Kier molecular flexibility index (Phi) is 3.62. The van der Waals surface area contributed by atoms with Crippen molar-refractivity contribution in [3.8, 4) is 0 Å². The molecule has 1 fully saturated rings. The van der Waals surface area contributed by atoms with E-state index in [1.165, 1.54) is 4.90 Å². The van der Waals surface area contributed by atoms with Crippen molar-refractivity contribution in [2.45, 2.75) is 31.8 Å². The highest BCUT2D eigenvalue weighted by Gasteiger charge is 2.51. The van der Waals surface area contributed by atoms with Crippen LogP contribution in [0.15, 0.2) is 11.6 Å². The Bertz CT molecular complexity index is 533. The van der Waals surface area contributed by atoms with Gasteiger partial charge in [-0.25, -0.2) is 14.4 Å². The molecule has 3 amide bonds. The second-order valence-corrected chi connectivity index (χ2v) is 5.04. The number of esters is 1. The van der Waals surface area contributed by atoms with Gasteiger partial charge in [-0.1, -0.05) is 6.08 Å². The number of fused-ring (bicyclic) bond motifs is 2. The van der Waals surface area contributed by atoms with Gasteiger partial charge in [-0.3, -0.25) is 4.79 Å². The lowest BCUT2D eigenvalue weighted by Crippen LogP contribution is -2.48. The molecule has 8 nitrogen and oxygen atoms in total. The zero-order valence-corrected chi connectivity index (χ0v) is 11.8. The van der Waals surface area contributed by atoms with Crippen molar-refractivity contribution in [2.75, 3.05) is 13.7 Å². The van der Waals surface area contributed by atoms with E-state index in [9.17, 15) is 18.8 Å². The smallest absolute Gasteiger partial charge is 0.373 e. The largest absolute Gasteiger partial charge is 0.465 e. The maximum absolute atomic E-state index is 14.1. The molecule has 1 saturated heterocycles. The van der Waals surface area contributed by atoms with Crippen LogP contribution in [0.25, 0.3) is 0 Å². The number of hydrogen-bond donors (Lipinski definition) is 1. The van der Waals surface area contributed by atoms with Crippen LogP contribution in [-0.4, -0.2) is 59.5 Å². The van der Waals surface area contributed by atoms with E-state index in [2.05, 4.69) is 4.74 Å². The molecule has 0 saturated carbocycles. The topological polar surface area (TPSA) is 102 Å². The Morgan fingerprint density at radius 2 is 2.14 bits per heavy atom. The van der Waals surface area contributed by atoms with Crippen molar-refractivity contribution in [2.24, 2.45) is 5.73 Å². The number of alkyl halides is 1. The number of halogens is 1. The molecule has 21 heavy (non-hydrogen) atoms. The van der Waals surface area contributed by atoms with Crippen molar-refractivity contribution in [1.29, 1.82) is 0 Å². The predicted octanol–water partition coefficient (Wildman–Crippen LogP) is -0.303. The molecular formula is C12H16FN3O5. The third kappa shape index (κ3) is 2.44. The van der Waals surface area contributed by atoms with E-state index in [1.54, 1.807) is 13.0 Å². The summed E-state index contributed by atoms with van der Waals surface area (Å²) in [5.41, 5.74) is 5.83. The van der Waals surface area contributed by atoms with Crippen LogP contribution in [0.5, 0.6) is 0 Å². The highest BCUT2D eigenvalue weighted by Crippen LogP contribution is 2.31. The van der Waals surface area contributed by atoms with Crippen molar-refractivity contribution in [3.05, 3.63) is 11.6 Å². The molecule has 116 valence electrons. The van der Waals surface area contributed by atoms with Gasteiger partial charge >= 0.3 is 17.9 Å². The van der Waals surface area contributed by atoms with Gasteiger partial charge in [0.25, 0.3) is 0 Å². The van der Waals surface area contributed by atoms with E-state index in [-0.39, 0.29) is 6.54 Å². The first-order chi connectivity index (χ1) is 9.69. The Morgan fingerprint density at radius 3 is 2.67 bits per heavy atom. The minimum atomic E-state index is -2.81. The van der Waals surface area contributed by atoms with Crippen LogP contribution in [0, 0.1) is 0 Å². The molecule has 0 aromatic heterocycles. The van der Waals surface area contributed by atoms with Crippen LogP contribution < -0.4 is 5.73 Å². The zero-order chi connectivity index (χ0) is 15.9. The molecular weight excluding hydrogens is 285 g/mol. The lowest BCUT2D eigenvalue weighted by atomic mass is 10.0. The van der Waals surface area contributed by atoms with Gasteiger partial charge in [-0.05, 0) is 12.5 Å². The van der Waals surface area contributed by atoms with Crippen molar-refractivity contribution in [1.82, 2.24) is 9.96 Å².